The third-order valence-corrected chi connectivity index (χ3v) is 1.59. The predicted octanol–water partition coefficient (Wildman–Crippen LogP) is 0.759. The number of nitrogens with two attached hydrogens (primary N) is 1. The number of anilines is 1. The van der Waals surface area contributed by atoms with Crippen LogP contribution in [0.1, 0.15) is 15.9 Å². The zero-order valence-corrected chi connectivity index (χ0v) is 7.00. The Balaban J connectivity index is 3.16. The van der Waals surface area contributed by atoms with Crippen molar-refractivity contribution in [2.24, 2.45) is 0 Å². The molecular formula is C8H10N2O2. The van der Waals surface area contributed by atoms with E-state index in [1.807, 2.05) is 0 Å². The lowest BCUT2D eigenvalue weighted by Gasteiger charge is -2.04. The molecule has 2 N–H and O–H groups in total. The highest BCUT2D eigenvalue weighted by atomic mass is 16.5. The molecule has 0 amide bonds. The second-order valence-corrected chi connectivity index (χ2v) is 2.41. The molecule has 1 aromatic rings. The van der Waals surface area contributed by atoms with Gasteiger partial charge in [0.2, 0.25) is 0 Å². The lowest BCUT2D eigenvalue weighted by atomic mass is 10.2. The smallest absolute Gasteiger partial charge is 0.341 e. The van der Waals surface area contributed by atoms with E-state index < -0.39 is 5.97 Å². The lowest BCUT2D eigenvalue weighted by Crippen LogP contribution is -2.07. The van der Waals surface area contributed by atoms with E-state index in [0.29, 0.717) is 11.3 Å². The number of nitrogens with zero attached hydrogens (tertiary/aromatic N) is 1. The molecule has 0 saturated carbocycles. The summed E-state index contributed by atoms with van der Waals surface area (Å²) < 4.78 is 4.51. The maximum absolute atomic E-state index is 11.0. The third-order valence-electron chi connectivity index (χ3n) is 1.59. The molecule has 0 saturated heterocycles. The van der Waals surface area contributed by atoms with Crippen LogP contribution >= 0.6 is 0 Å². The van der Waals surface area contributed by atoms with Crippen molar-refractivity contribution >= 4 is 11.7 Å². The molecule has 12 heavy (non-hydrogen) atoms. The van der Waals surface area contributed by atoms with Gasteiger partial charge in [-0.25, -0.2) is 4.79 Å². The number of methoxy groups -OCH3 is 1. The fraction of sp³-hybridized carbons (Fsp3) is 0.250. The summed E-state index contributed by atoms with van der Waals surface area (Å²) in [5.74, 6) is -0.455. The summed E-state index contributed by atoms with van der Waals surface area (Å²) in [4.78, 5) is 14.9. The minimum absolute atomic E-state index is 0.317. The first-order valence-electron chi connectivity index (χ1n) is 3.45. The molecule has 0 bridgehead atoms. The van der Waals surface area contributed by atoms with Crippen molar-refractivity contribution in [3.63, 3.8) is 0 Å². The number of hydrogen-bond donors (Lipinski definition) is 1. The summed E-state index contributed by atoms with van der Waals surface area (Å²) in [5, 5.41) is 0. The maximum atomic E-state index is 11.0. The molecule has 4 heteroatoms. The Morgan fingerprint density at radius 2 is 2.25 bits per heavy atom. The van der Waals surface area contributed by atoms with Gasteiger partial charge in [0.15, 0.2) is 0 Å². The molecule has 0 aromatic carbocycles. The maximum Gasteiger partial charge on any atom is 0.341 e. The Bertz CT molecular complexity index is 310. The number of hydrogen-bond acceptors (Lipinski definition) is 4. The van der Waals surface area contributed by atoms with E-state index in [0.717, 1.165) is 5.56 Å². The van der Waals surface area contributed by atoms with Gasteiger partial charge in [-0.1, -0.05) is 0 Å². The Morgan fingerprint density at radius 3 is 2.83 bits per heavy atom. The Hall–Kier alpha value is -1.58. The molecule has 0 aliphatic rings. The van der Waals surface area contributed by atoms with Crippen LogP contribution in [0.4, 0.5) is 5.69 Å². The fourth-order valence-electron chi connectivity index (χ4n) is 0.848. The summed E-state index contributed by atoms with van der Waals surface area (Å²) in [6.07, 6.45) is 3.00. The zero-order chi connectivity index (χ0) is 9.14. The first kappa shape index (κ1) is 8.52. The van der Waals surface area contributed by atoms with E-state index in [9.17, 15) is 4.79 Å². The van der Waals surface area contributed by atoms with Gasteiger partial charge in [0, 0.05) is 12.4 Å². The van der Waals surface area contributed by atoms with Crippen LogP contribution in [0.2, 0.25) is 0 Å². The highest BCUT2D eigenvalue weighted by molar-refractivity contribution is 5.95. The number of nitrogen functional groups attached to an aromatic ring is 1. The minimum Gasteiger partial charge on any atom is -0.465 e. The topological polar surface area (TPSA) is 65.2 Å². The number of carbonyl (C=O) groups excluding carboxylic acids is 1. The number of pyridine rings is 1. The molecule has 0 atom stereocenters. The van der Waals surface area contributed by atoms with E-state index in [1.54, 1.807) is 13.1 Å². The number of rotatable bonds is 1. The Morgan fingerprint density at radius 1 is 1.58 bits per heavy atom. The van der Waals surface area contributed by atoms with Gasteiger partial charge < -0.3 is 10.5 Å². The van der Waals surface area contributed by atoms with Crippen molar-refractivity contribution in [3.05, 3.63) is 23.5 Å². The molecule has 1 rings (SSSR count). The van der Waals surface area contributed by atoms with Gasteiger partial charge in [0.05, 0.1) is 12.8 Å². The molecule has 64 valence electrons. The average molecular weight is 166 g/mol. The summed E-state index contributed by atoms with van der Waals surface area (Å²) in [6.45, 7) is 1.79. The quantitative estimate of drug-likeness (QED) is 0.625. The van der Waals surface area contributed by atoms with Crippen LogP contribution in [0.3, 0.4) is 0 Å². The second-order valence-electron chi connectivity index (χ2n) is 2.41. The molecule has 1 aromatic heterocycles. The van der Waals surface area contributed by atoms with Crippen molar-refractivity contribution < 1.29 is 9.53 Å². The molecule has 1 heterocycles. The lowest BCUT2D eigenvalue weighted by molar-refractivity contribution is 0.0601. The molecule has 0 unspecified atom stereocenters. The van der Waals surface area contributed by atoms with Gasteiger partial charge >= 0.3 is 5.97 Å². The Kier molecular flexibility index (Phi) is 2.28. The molecule has 0 aliphatic heterocycles. The number of carbonyl (C=O) groups is 1. The second kappa shape index (κ2) is 3.21. The first-order valence-corrected chi connectivity index (χ1v) is 3.45. The first-order chi connectivity index (χ1) is 5.66. The van der Waals surface area contributed by atoms with Crippen LogP contribution < -0.4 is 5.73 Å². The van der Waals surface area contributed by atoms with Crippen molar-refractivity contribution in [2.75, 3.05) is 12.8 Å². The van der Waals surface area contributed by atoms with Gasteiger partial charge in [-0.3, -0.25) is 4.98 Å². The normalized spacial score (nSPS) is 9.50. The molecule has 0 radical (unpaired) electrons. The summed E-state index contributed by atoms with van der Waals surface area (Å²) in [6, 6.07) is 0. The van der Waals surface area contributed by atoms with E-state index in [2.05, 4.69) is 9.72 Å². The molecule has 0 spiro atoms. The van der Waals surface area contributed by atoms with Gasteiger partial charge in [0.1, 0.15) is 5.56 Å². The summed E-state index contributed by atoms with van der Waals surface area (Å²) >= 11 is 0. The number of esters is 1. The standard InChI is InChI=1S/C8H10N2O2/c1-5-3-10-4-6(7(5)9)8(11)12-2/h3-4H,1-2H3,(H2,9,10). The number of aromatic nitrogens is 1. The molecule has 0 aliphatic carbocycles. The van der Waals surface area contributed by atoms with Gasteiger partial charge in [0.25, 0.3) is 0 Å². The molecule has 4 nitrogen and oxygen atoms in total. The predicted molar refractivity (Wildman–Crippen MR) is 44.7 cm³/mol. The number of ether oxygens (including phenoxy) is 1. The van der Waals surface area contributed by atoms with Crippen molar-refractivity contribution in [3.8, 4) is 0 Å². The fourth-order valence-corrected chi connectivity index (χ4v) is 0.848. The molecular weight excluding hydrogens is 156 g/mol. The highest BCUT2D eigenvalue weighted by Crippen LogP contribution is 2.14. The third kappa shape index (κ3) is 1.37. The van der Waals surface area contributed by atoms with Crippen LogP contribution in [0.25, 0.3) is 0 Å². The van der Waals surface area contributed by atoms with Crippen molar-refractivity contribution in [2.45, 2.75) is 6.92 Å². The van der Waals surface area contributed by atoms with Gasteiger partial charge in [-0.05, 0) is 12.5 Å². The van der Waals surface area contributed by atoms with Crippen LogP contribution in [-0.4, -0.2) is 18.1 Å². The Labute approximate surface area is 70.4 Å². The monoisotopic (exact) mass is 166 g/mol. The van der Waals surface area contributed by atoms with Crippen LogP contribution in [0.5, 0.6) is 0 Å². The van der Waals surface area contributed by atoms with E-state index in [1.165, 1.54) is 13.3 Å². The van der Waals surface area contributed by atoms with E-state index in [-0.39, 0.29) is 0 Å². The van der Waals surface area contributed by atoms with Crippen molar-refractivity contribution in [1.29, 1.82) is 0 Å². The van der Waals surface area contributed by atoms with E-state index in [4.69, 9.17) is 5.73 Å². The number of aryl methyl sites for hydroxylation is 1. The van der Waals surface area contributed by atoms with Crippen LogP contribution in [-0.2, 0) is 4.74 Å². The zero-order valence-electron chi connectivity index (χ0n) is 7.00. The summed E-state index contributed by atoms with van der Waals surface area (Å²) in [7, 11) is 1.31. The minimum atomic E-state index is -0.455. The van der Waals surface area contributed by atoms with Crippen LogP contribution in [0.15, 0.2) is 12.4 Å². The van der Waals surface area contributed by atoms with Crippen LogP contribution in [0, 0.1) is 6.92 Å². The summed E-state index contributed by atoms with van der Waals surface area (Å²) in [5.41, 5.74) is 7.14. The largest absolute Gasteiger partial charge is 0.465 e. The van der Waals surface area contributed by atoms with Gasteiger partial charge in [-0.2, -0.15) is 0 Å². The van der Waals surface area contributed by atoms with Gasteiger partial charge in [-0.15, -0.1) is 0 Å². The highest BCUT2D eigenvalue weighted by Gasteiger charge is 2.10. The van der Waals surface area contributed by atoms with E-state index >= 15 is 0 Å². The molecule has 0 fully saturated rings. The van der Waals surface area contributed by atoms with Crippen molar-refractivity contribution in [1.82, 2.24) is 4.98 Å². The average Bonchev–Trinajstić information content (AvgIpc) is 2.08. The SMILES string of the molecule is COC(=O)c1cncc(C)c1N.